The second kappa shape index (κ2) is 4.86. The fraction of sp³-hybridized carbons (Fsp3) is 0.188. The van der Waals surface area contributed by atoms with E-state index in [1.165, 1.54) is 27.6 Å². The van der Waals surface area contributed by atoms with Crippen LogP contribution in [0.15, 0.2) is 48.9 Å². The zero-order valence-electron chi connectivity index (χ0n) is 11.0. The Morgan fingerprint density at radius 1 is 1.21 bits per heavy atom. The van der Waals surface area contributed by atoms with E-state index in [2.05, 4.69) is 53.0 Å². The van der Waals surface area contributed by atoms with Crippen molar-refractivity contribution in [2.75, 3.05) is 0 Å². The van der Waals surface area contributed by atoms with Crippen LogP contribution < -0.4 is 5.73 Å². The third kappa shape index (κ3) is 2.25. The molecule has 0 spiro atoms. The molecule has 0 fully saturated rings. The number of nitrogens with two attached hydrogens (primary N) is 1. The molecule has 0 saturated carbocycles. The predicted octanol–water partition coefficient (Wildman–Crippen LogP) is 2.85. The van der Waals surface area contributed by atoms with Crippen molar-refractivity contribution < 1.29 is 0 Å². The van der Waals surface area contributed by atoms with Crippen LogP contribution in [0.3, 0.4) is 0 Å². The zero-order chi connectivity index (χ0) is 13.2. The van der Waals surface area contributed by atoms with Gasteiger partial charge in [0.15, 0.2) is 0 Å². The van der Waals surface area contributed by atoms with E-state index in [9.17, 15) is 0 Å². The number of pyridine rings is 1. The first-order chi connectivity index (χ1) is 9.28. The third-order valence-corrected chi connectivity index (χ3v) is 3.38. The lowest BCUT2D eigenvalue weighted by molar-refractivity contribution is 0.823. The van der Waals surface area contributed by atoms with Crippen LogP contribution in [0.5, 0.6) is 0 Å². The first-order valence-electron chi connectivity index (χ1n) is 6.45. The molecule has 0 atom stereocenters. The predicted molar refractivity (Wildman–Crippen MR) is 77.9 cm³/mol. The van der Waals surface area contributed by atoms with Crippen LogP contribution in [0, 0.1) is 6.92 Å². The first-order valence-corrected chi connectivity index (χ1v) is 6.45. The molecule has 0 aliphatic carbocycles. The van der Waals surface area contributed by atoms with Crippen LogP contribution in [-0.4, -0.2) is 9.55 Å². The standard InChI is InChI=1S/C16H17N3/c1-12-7-13(10-18-9-12)11-19-6-5-14-3-2-4-15(8-17)16(14)19/h2-7,9-10H,8,11,17H2,1H3. The fourth-order valence-corrected chi connectivity index (χ4v) is 2.54. The van der Waals surface area contributed by atoms with E-state index in [1.54, 1.807) is 0 Å². The van der Waals surface area contributed by atoms with Gasteiger partial charge in [0, 0.05) is 31.7 Å². The van der Waals surface area contributed by atoms with Gasteiger partial charge in [-0.1, -0.05) is 24.3 Å². The molecular formula is C16H17N3. The summed E-state index contributed by atoms with van der Waals surface area (Å²) in [6.07, 6.45) is 5.92. The zero-order valence-corrected chi connectivity index (χ0v) is 11.0. The highest BCUT2D eigenvalue weighted by molar-refractivity contribution is 5.83. The van der Waals surface area contributed by atoms with Gasteiger partial charge in [0.25, 0.3) is 0 Å². The van der Waals surface area contributed by atoms with Crippen LogP contribution in [0.1, 0.15) is 16.7 Å². The first kappa shape index (κ1) is 11.9. The quantitative estimate of drug-likeness (QED) is 0.778. The van der Waals surface area contributed by atoms with Crippen molar-refractivity contribution in [1.82, 2.24) is 9.55 Å². The Kier molecular flexibility index (Phi) is 3.05. The molecule has 0 amide bonds. The van der Waals surface area contributed by atoms with Gasteiger partial charge in [-0.05, 0) is 35.1 Å². The number of benzene rings is 1. The highest BCUT2D eigenvalue weighted by Gasteiger charge is 2.06. The number of aromatic nitrogens is 2. The van der Waals surface area contributed by atoms with Crippen molar-refractivity contribution in [2.45, 2.75) is 20.0 Å². The molecule has 3 nitrogen and oxygen atoms in total. The van der Waals surface area contributed by atoms with Gasteiger partial charge in [-0.2, -0.15) is 0 Å². The van der Waals surface area contributed by atoms with Crippen LogP contribution in [-0.2, 0) is 13.1 Å². The second-order valence-corrected chi connectivity index (χ2v) is 4.87. The lowest BCUT2D eigenvalue weighted by atomic mass is 10.1. The Morgan fingerprint density at radius 3 is 2.89 bits per heavy atom. The lowest BCUT2D eigenvalue weighted by Gasteiger charge is -2.09. The maximum Gasteiger partial charge on any atom is 0.0528 e. The normalized spacial score (nSPS) is 11.1. The molecule has 1 aromatic carbocycles. The van der Waals surface area contributed by atoms with E-state index in [4.69, 9.17) is 5.73 Å². The Labute approximate surface area is 112 Å². The summed E-state index contributed by atoms with van der Waals surface area (Å²) in [5.74, 6) is 0. The monoisotopic (exact) mass is 251 g/mol. The van der Waals surface area contributed by atoms with Gasteiger partial charge in [-0.15, -0.1) is 0 Å². The molecule has 0 bridgehead atoms. The van der Waals surface area contributed by atoms with Crippen molar-refractivity contribution in [1.29, 1.82) is 0 Å². The Morgan fingerprint density at radius 2 is 2.11 bits per heavy atom. The van der Waals surface area contributed by atoms with Crippen LogP contribution in [0.25, 0.3) is 10.9 Å². The largest absolute Gasteiger partial charge is 0.343 e. The number of nitrogens with zero attached hydrogens (tertiary/aromatic N) is 2. The van der Waals surface area contributed by atoms with Gasteiger partial charge in [-0.3, -0.25) is 4.98 Å². The summed E-state index contributed by atoms with van der Waals surface area (Å²) in [4.78, 5) is 4.25. The minimum absolute atomic E-state index is 0.563. The second-order valence-electron chi connectivity index (χ2n) is 4.87. The highest BCUT2D eigenvalue weighted by atomic mass is 15.0. The van der Waals surface area contributed by atoms with Crippen molar-refractivity contribution >= 4 is 10.9 Å². The summed E-state index contributed by atoms with van der Waals surface area (Å²) >= 11 is 0. The minimum Gasteiger partial charge on any atom is -0.343 e. The van der Waals surface area contributed by atoms with Crippen molar-refractivity contribution in [2.24, 2.45) is 5.73 Å². The SMILES string of the molecule is Cc1cncc(Cn2ccc3cccc(CN)c32)c1. The average Bonchev–Trinajstić information content (AvgIpc) is 2.82. The molecule has 3 heteroatoms. The molecule has 3 aromatic rings. The maximum absolute atomic E-state index is 5.84. The number of rotatable bonds is 3. The third-order valence-electron chi connectivity index (χ3n) is 3.38. The maximum atomic E-state index is 5.84. The Hall–Kier alpha value is -2.13. The van der Waals surface area contributed by atoms with Gasteiger partial charge in [0.1, 0.15) is 0 Å². The summed E-state index contributed by atoms with van der Waals surface area (Å²) in [5, 5.41) is 1.24. The molecule has 0 radical (unpaired) electrons. The molecular weight excluding hydrogens is 234 g/mol. The van der Waals surface area contributed by atoms with Gasteiger partial charge in [0.05, 0.1) is 5.52 Å². The molecule has 96 valence electrons. The average molecular weight is 251 g/mol. The van der Waals surface area contributed by atoms with Crippen molar-refractivity contribution in [3.63, 3.8) is 0 Å². The van der Waals surface area contributed by atoms with Crippen LogP contribution >= 0.6 is 0 Å². The van der Waals surface area contributed by atoms with E-state index < -0.39 is 0 Å². The molecule has 2 heterocycles. The number of para-hydroxylation sites is 1. The summed E-state index contributed by atoms with van der Waals surface area (Å²) < 4.78 is 2.24. The molecule has 2 N–H and O–H groups in total. The smallest absolute Gasteiger partial charge is 0.0528 e. The van der Waals surface area contributed by atoms with Crippen LogP contribution in [0.2, 0.25) is 0 Å². The number of hydrogen-bond acceptors (Lipinski definition) is 2. The lowest BCUT2D eigenvalue weighted by Crippen LogP contribution is -2.03. The topological polar surface area (TPSA) is 43.8 Å². The van der Waals surface area contributed by atoms with Crippen molar-refractivity contribution in [3.05, 3.63) is 65.6 Å². The summed E-state index contributed by atoms with van der Waals surface area (Å²) in [7, 11) is 0. The molecule has 0 saturated heterocycles. The van der Waals surface area contributed by atoms with E-state index in [0.29, 0.717) is 6.54 Å². The number of fused-ring (bicyclic) bond motifs is 1. The minimum atomic E-state index is 0.563. The van der Waals surface area contributed by atoms with Gasteiger partial charge < -0.3 is 10.3 Å². The summed E-state index contributed by atoms with van der Waals surface area (Å²) in [6, 6.07) is 10.6. The van der Waals surface area contributed by atoms with Crippen molar-refractivity contribution in [3.8, 4) is 0 Å². The Bertz CT molecular complexity index is 713. The summed E-state index contributed by atoms with van der Waals surface area (Å²) in [5.41, 5.74) is 10.6. The molecule has 0 aliphatic rings. The van der Waals surface area contributed by atoms with Gasteiger partial charge in [0.2, 0.25) is 0 Å². The van der Waals surface area contributed by atoms with E-state index in [1.807, 2.05) is 12.4 Å². The summed E-state index contributed by atoms with van der Waals surface area (Å²) in [6.45, 7) is 3.46. The van der Waals surface area contributed by atoms with E-state index in [0.717, 1.165) is 6.54 Å². The molecule has 2 aromatic heterocycles. The molecule has 3 rings (SSSR count). The van der Waals surface area contributed by atoms with E-state index >= 15 is 0 Å². The van der Waals surface area contributed by atoms with Gasteiger partial charge >= 0.3 is 0 Å². The molecule has 19 heavy (non-hydrogen) atoms. The molecule has 0 unspecified atom stereocenters. The van der Waals surface area contributed by atoms with E-state index in [-0.39, 0.29) is 0 Å². The fourth-order valence-electron chi connectivity index (χ4n) is 2.54. The molecule has 0 aliphatic heterocycles. The van der Waals surface area contributed by atoms with Gasteiger partial charge in [-0.25, -0.2) is 0 Å². The van der Waals surface area contributed by atoms with Crippen LogP contribution in [0.4, 0.5) is 0 Å². The number of aryl methyl sites for hydroxylation is 1. The number of hydrogen-bond donors (Lipinski definition) is 1. The Balaban J connectivity index is 2.06. The highest BCUT2D eigenvalue weighted by Crippen LogP contribution is 2.21.